The molecule has 1 amide bonds. The fraction of sp³-hybridized carbons (Fsp3) is 0.462. The lowest BCUT2D eigenvalue weighted by molar-refractivity contribution is -0.116. The maximum atomic E-state index is 11.8. The highest BCUT2D eigenvalue weighted by molar-refractivity contribution is 7.98. The molecule has 0 aromatic heterocycles. The van der Waals surface area contributed by atoms with Gasteiger partial charge in [-0.15, -0.1) is 0 Å². The van der Waals surface area contributed by atoms with Crippen molar-refractivity contribution in [2.45, 2.75) is 6.42 Å². The van der Waals surface area contributed by atoms with E-state index < -0.39 is 0 Å². The third-order valence-corrected chi connectivity index (χ3v) is 3.57. The van der Waals surface area contributed by atoms with Crippen LogP contribution in [0.2, 0.25) is 5.02 Å². The van der Waals surface area contributed by atoms with Crippen LogP contribution in [0.3, 0.4) is 0 Å². The summed E-state index contributed by atoms with van der Waals surface area (Å²) in [5.74, 6) is 1.03. The fourth-order valence-corrected chi connectivity index (χ4v) is 2.23. The molecule has 4 nitrogen and oxygen atoms in total. The Morgan fingerprint density at radius 1 is 1.47 bits per heavy atom. The molecule has 0 radical (unpaired) electrons. The van der Waals surface area contributed by atoms with Gasteiger partial charge in [-0.2, -0.15) is 11.8 Å². The van der Waals surface area contributed by atoms with Gasteiger partial charge in [-0.3, -0.25) is 4.79 Å². The topological polar surface area (TPSA) is 58.4 Å². The van der Waals surface area contributed by atoms with E-state index in [-0.39, 0.29) is 5.91 Å². The number of carbonyl (C=O) groups is 1. The Bertz CT molecular complexity index is 428. The molecular weight excluding hydrogens is 282 g/mol. The highest BCUT2D eigenvalue weighted by Crippen LogP contribution is 2.24. The molecule has 0 aliphatic rings. The lowest BCUT2D eigenvalue weighted by Crippen LogP contribution is -2.26. The second kappa shape index (κ2) is 8.30. The van der Waals surface area contributed by atoms with E-state index in [1.807, 2.05) is 7.05 Å². The zero-order valence-electron chi connectivity index (χ0n) is 11.3. The van der Waals surface area contributed by atoms with Crippen LogP contribution in [0.5, 0.6) is 0 Å². The molecule has 0 aliphatic heterocycles. The molecule has 0 saturated carbocycles. The van der Waals surface area contributed by atoms with Crippen molar-refractivity contribution in [3.05, 3.63) is 23.2 Å². The van der Waals surface area contributed by atoms with Crippen molar-refractivity contribution in [1.29, 1.82) is 0 Å². The van der Waals surface area contributed by atoms with Gasteiger partial charge in [0.1, 0.15) is 0 Å². The third-order valence-electron chi connectivity index (χ3n) is 2.66. The molecule has 1 rings (SSSR count). The van der Waals surface area contributed by atoms with Crippen LogP contribution < -0.4 is 11.1 Å². The summed E-state index contributed by atoms with van der Waals surface area (Å²) >= 11 is 7.80. The number of anilines is 2. The van der Waals surface area contributed by atoms with Crippen molar-refractivity contribution in [3.8, 4) is 0 Å². The van der Waals surface area contributed by atoms with E-state index in [9.17, 15) is 4.79 Å². The molecule has 0 heterocycles. The second-order valence-corrected chi connectivity index (χ2v) is 5.73. The summed E-state index contributed by atoms with van der Waals surface area (Å²) in [5.41, 5.74) is 6.78. The number of thioether (sulfide) groups is 1. The van der Waals surface area contributed by atoms with Crippen LogP contribution in [0.25, 0.3) is 0 Å². The summed E-state index contributed by atoms with van der Waals surface area (Å²) < 4.78 is 0. The number of rotatable bonds is 7. The molecule has 1 aromatic carbocycles. The van der Waals surface area contributed by atoms with Gasteiger partial charge in [0, 0.05) is 31.0 Å². The predicted octanol–water partition coefficient (Wildman–Crippen LogP) is 2.55. The van der Waals surface area contributed by atoms with Crippen LogP contribution in [0.1, 0.15) is 6.42 Å². The van der Waals surface area contributed by atoms with Crippen molar-refractivity contribution in [1.82, 2.24) is 4.90 Å². The number of carbonyl (C=O) groups excluding carboxylic acids is 1. The van der Waals surface area contributed by atoms with Crippen LogP contribution in [-0.2, 0) is 4.79 Å². The second-order valence-electron chi connectivity index (χ2n) is 4.33. The van der Waals surface area contributed by atoms with E-state index >= 15 is 0 Å². The first kappa shape index (κ1) is 16.1. The summed E-state index contributed by atoms with van der Waals surface area (Å²) in [5, 5.41) is 3.25. The van der Waals surface area contributed by atoms with Crippen LogP contribution in [0, 0.1) is 0 Å². The number of nitrogen functional groups attached to an aromatic ring is 1. The molecule has 0 aliphatic carbocycles. The Kier molecular flexibility index (Phi) is 7.05. The minimum atomic E-state index is -0.0392. The van der Waals surface area contributed by atoms with Crippen molar-refractivity contribution in [3.63, 3.8) is 0 Å². The number of nitrogens with zero attached hydrogens (tertiary/aromatic N) is 1. The van der Waals surface area contributed by atoms with E-state index in [1.165, 1.54) is 0 Å². The van der Waals surface area contributed by atoms with E-state index in [2.05, 4.69) is 16.5 Å². The van der Waals surface area contributed by atoms with Gasteiger partial charge in [-0.25, -0.2) is 0 Å². The maximum absolute atomic E-state index is 11.8. The lowest BCUT2D eigenvalue weighted by atomic mass is 10.2. The molecule has 0 atom stereocenters. The number of halogens is 1. The molecule has 106 valence electrons. The zero-order chi connectivity index (χ0) is 14.3. The van der Waals surface area contributed by atoms with E-state index in [4.69, 9.17) is 17.3 Å². The Hall–Kier alpha value is -0.910. The summed E-state index contributed by atoms with van der Waals surface area (Å²) in [6, 6.07) is 5.06. The maximum Gasteiger partial charge on any atom is 0.225 e. The fourth-order valence-electron chi connectivity index (χ4n) is 1.50. The molecule has 0 unspecified atom stereocenters. The number of hydrogen-bond donors (Lipinski definition) is 2. The normalized spacial score (nSPS) is 10.7. The molecule has 6 heteroatoms. The third kappa shape index (κ3) is 6.18. The molecule has 1 aromatic rings. The molecule has 0 fully saturated rings. The van der Waals surface area contributed by atoms with Crippen molar-refractivity contribution in [2.24, 2.45) is 0 Å². The first-order valence-corrected chi connectivity index (χ1v) is 7.82. The van der Waals surface area contributed by atoms with Crippen LogP contribution in [-0.4, -0.2) is 43.0 Å². The number of hydrogen-bond acceptors (Lipinski definition) is 4. The van der Waals surface area contributed by atoms with Gasteiger partial charge in [0.2, 0.25) is 5.91 Å². The largest absolute Gasteiger partial charge is 0.399 e. The Balaban J connectivity index is 2.38. The van der Waals surface area contributed by atoms with E-state index in [0.29, 0.717) is 22.8 Å². The molecule has 3 N–H and O–H groups in total. The minimum absolute atomic E-state index is 0.0392. The monoisotopic (exact) mass is 301 g/mol. The summed E-state index contributed by atoms with van der Waals surface area (Å²) in [4.78, 5) is 13.9. The van der Waals surface area contributed by atoms with Crippen LogP contribution in [0.4, 0.5) is 11.4 Å². The first-order valence-electron chi connectivity index (χ1n) is 6.05. The number of benzene rings is 1. The van der Waals surface area contributed by atoms with E-state index in [1.54, 1.807) is 30.0 Å². The SMILES string of the molecule is CSCCN(C)CCC(=O)Nc1ccc(N)cc1Cl. The summed E-state index contributed by atoms with van der Waals surface area (Å²) in [6.07, 6.45) is 2.52. The van der Waals surface area contributed by atoms with Crippen molar-refractivity contribution >= 4 is 40.6 Å². The van der Waals surface area contributed by atoms with Gasteiger partial charge in [0.15, 0.2) is 0 Å². The average Bonchev–Trinajstić information content (AvgIpc) is 2.37. The smallest absolute Gasteiger partial charge is 0.225 e. The van der Waals surface area contributed by atoms with Gasteiger partial charge in [0.25, 0.3) is 0 Å². The van der Waals surface area contributed by atoms with Crippen LogP contribution >= 0.6 is 23.4 Å². The van der Waals surface area contributed by atoms with Crippen molar-refractivity contribution in [2.75, 3.05) is 43.2 Å². The van der Waals surface area contributed by atoms with E-state index in [0.717, 1.165) is 18.8 Å². The van der Waals surface area contributed by atoms with Gasteiger partial charge in [-0.05, 0) is 31.5 Å². The quantitative estimate of drug-likeness (QED) is 0.760. The number of nitrogens with one attached hydrogen (secondary N) is 1. The highest BCUT2D eigenvalue weighted by atomic mass is 35.5. The first-order chi connectivity index (χ1) is 9.02. The molecule has 0 saturated heterocycles. The lowest BCUT2D eigenvalue weighted by Gasteiger charge is -2.15. The van der Waals surface area contributed by atoms with Gasteiger partial charge in [0.05, 0.1) is 10.7 Å². The summed E-state index contributed by atoms with van der Waals surface area (Å²) in [7, 11) is 2.01. The standard InChI is InChI=1S/C13H20ClN3OS/c1-17(7-8-19-2)6-5-13(18)16-12-4-3-10(15)9-11(12)14/h3-4,9H,5-8,15H2,1-2H3,(H,16,18). The van der Waals surface area contributed by atoms with Gasteiger partial charge >= 0.3 is 0 Å². The molecule has 0 spiro atoms. The Labute approximate surface area is 123 Å². The Morgan fingerprint density at radius 2 is 2.21 bits per heavy atom. The number of amides is 1. The highest BCUT2D eigenvalue weighted by Gasteiger charge is 2.07. The van der Waals surface area contributed by atoms with Gasteiger partial charge in [-0.1, -0.05) is 11.6 Å². The Morgan fingerprint density at radius 3 is 2.84 bits per heavy atom. The minimum Gasteiger partial charge on any atom is -0.399 e. The molecule has 0 bridgehead atoms. The number of nitrogens with two attached hydrogens (primary N) is 1. The molecular formula is C13H20ClN3OS. The predicted molar refractivity (Wildman–Crippen MR) is 85.0 cm³/mol. The van der Waals surface area contributed by atoms with Gasteiger partial charge < -0.3 is 16.0 Å². The summed E-state index contributed by atoms with van der Waals surface area (Å²) in [6.45, 7) is 1.72. The van der Waals surface area contributed by atoms with Crippen molar-refractivity contribution < 1.29 is 4.79 Å². The van der Waals surface area contributed by atoms with Crippen LogP contribution in [0.15, 0.2) is 18.2 Å². The average molecular weight is 302 g/mol. The molecule has 19 heavy (non-hydrogen) atoms. The zero-order valence-corrected chi connectivity index (χ0v) is 12.9.